The predicted octanol–water partition coefficient (Wildman–Crippen LogP) is 1.56. The smallest absolute Gasteiger partial charge is 0.312 e. The molecule has 0 atom stereocenters. The molecule has 0 radical (unpaired) electrons. The third kappa shape index (κ3) is 2.99. The second-order valence-electron chi connectivity index (χ2n) is 4.80. The van der Waals surface area contributed by atoms with E-state index >= 15 is 0 Å². The molecule has 0 saturated carbocycles. The molecular formula is C10H21NO2. The molecule has 13 heavy (non-hydrogen) atoms. The molecule has 0 aromatic heterocycles. The van der Waals surface area contributed by atoms with E-state index in [9.17, 15) is 4.79 Å². The molecule has 0 bridgehead atoms. The van der Waals surface area contributed by atoms with E-state index in [4.69, 9.17) is 10.5 Å². The second kappa shape index (κ2) is 4.09. The van der Waals surface area contributed by atoms with Crippen molar-refractivity contribution < 1.29 is 9.53 Å². The molecule has 0 unspecified atom stereocenters. The van der Waals surface area contributed by atoms with Gasteiger partial charge in [0.2, 0.25) is 0 Å². The maximum absolute atomic E-state index is 11.6. The summed E-state index contributed by atoms with van der Waals surface area (Å²) in [4.78, 5) is 11.6. The first kappa shape index (κ1) is 12.4. The van der Waals surface area contributed by atoms with Crippen LogP contribution in [0.25, 0.3) is 0 Å². The molecule has 0 fully saturated rings. The summed E-state index contributed by atoms with van der Waals surface area (Å²) in [7, 11) is 0. The maximum Gasteiger partial charge on any atom is 0.312 e. The van der Waals surface area contributed by atoms with Gasteiger partial charge >= 0.3 is 5.97 Å². The minimum absolute atomic E-state index is 0.0985. The average molecular weight is 187 g/mol. The van der Waals surface area contributed by atoms with Gasteiger partial charge in [0.05, 0.1) is 5.41 Å². The molecule has 0 aliphatic rings. The number of ether oxygens (including phenoxy) is 1. The van der Waals surface area contributed by atoms with Gasteiger partial charge in [-0.25, -0.2) is 0 Å². The number of carbonyl (C=O) groups is 1. The summed E-state index contributed by atoms with van der Waals surface area (Å²) in [5.41, 5.74) is 4.68. The Kier molecular flexibility index (Phi) is 3.91. The fraction of sp³-hybridized carbons (Fsp3) is 0.900. The summed E-state index contributed by atoms with van der Waals surface area (Å²) in [6, 6.07) is 0. The van der Waals surface area contributed by atoms with Crippen molar-refractivity contribution in [1.82, 2.24) is 0 Å². The summed E-state index contributed by atoms with van der Waals surface area (Å²) < 4.78 is 5.02. The minimum Gasteiger partial charge on any atom is -0.464 e. The Morgan fingerprint density at radius 3 is 2.00 bits per heavy atom. The summed E-state index contributed by atoms with van der Waals surface area (Å²) in [5, 5.41) is 0. The van der Waals surface area contributed by atoms with E-state index in [0.29, 0.717) is 13.2 Å². The molecule has 0 heterocycles. The lowest BCUT2D eigenvalue weighted by Gasteiger charge is -2.36. The monoisotopic (exact) mass is 187 g/mol. The molecule has 3 nitrogen and oxygen atoms in total. The van der Waals surface area contributed by atoms with Gasteiger partial charge in [0.15, 0.2) is 0 Å². The van der Waals surface area contributed by atoms with Crippen LogP contribution in [0.15, 0.2) is 0 Å². The van der Waals surface area contributed by atoms with Gasteiger partial charge in [0, 0.05) is 6.54 Å². The first-order valence-electron chi connectivity index (χ1n) is 4.61. The number of rotatable bonds is 3. The SMILES string of the molecule is CC(C)(C)C(C)(C)C(=O)OCCN. The van der Waals surface area contributed by atoms with Gasteiger partial charge in [-0.2, -0.15) is 0 Å². The highest BCUT2D eigenvalue weighted by Gasteiger charge is 2.40. The molecule has 2 N–H and O–H groups in total. The van der Waals surface area contributed by atoms with Crippen LogP contribution in [-0.2, 0) is 9.53 Å². The second-order valence-corrected chi connectivity index (χ2v) is 4.80. The molecule has 0 saturated heterocycles. The maximum atomic E-state index is 11.6. The molecule has 0 aromatic carbocycles. The molecule has 0 aliphatic carbocycles. The predicted molar refractivity (Wildman–Crippen MR) is 53.2 cm³/mol. The highest BCUT2D eigenvalue weighted by atomic mass is 16.5. The van der Waals surface area contributed by atoms with Crippen molar-refractivity contribution in [3.63, 3.8) is 0 Å². The van der Waals surface area contributed by atoms with Gasteiger partial charge in [-0.1, -0.05) is 20.8 Å². The Labute approximate surface area is 80.6 Å². The van der Waals surface area contributed by atoms with E-state index in [1.165, 1.54) is 0 Å². The summed E-state index contributed by atoms with van der Waals surface area (Å²) in [6.07, 6.45) is 0. The molecule has 0 aliphatic heterocycles. The molecule has 0 rings (SSSR count). The Bertz CT molecular complexity index is 180. The van der Waals surface area contributed by atoms with E-state index in [-0.39, 0.29) is 11.4 Å². The van der Waals surface area contributed by atoms with Crippen LogP contribution >= 0.6 is 0 Å². The van der Waals surface area contributed by atoms with Crippen molar-refractivity contribution in [2.75, 3.05) is 13.2 Å². The zero-order valence-electron chi connectivity index (χ0n) is 9.31. The fourth-order valence-electron chi connectivity index (χ4n) is 0.638. The van der Waals surface area contributed by atoms with Crippen molar-refractivity contribution in [2.45, 2.75) is 34.6 Å². The number of carbonyl (C=O) groups excluding carboxylic acids is 1. The topological polar surface area (TPSA) is 52.3 Å². The third-order valence-electron chi connectivity index (χ3n) is 2.74. The largest absolute Gasteiger partial charge is 0.464 e. The minimum atomic E-state index is -0.470. The zero-order chi connectivity index (χ0) is 10.7. The van der Waals surface area contributed by atoms with Crippen LogP contribution in [-0.4, -0.2) is 19.1 Å². The Morgan fingerprint density at radius 2 is 1.69 bits per heavy atom. The van der Waals surface area contributed by atoms with Crippen molar-refractivity contribution in [2.24, 2.45) is 16.6 Å². The summed E-state index contributed by atoms with van der Waals surface area (Å²) in [6.45, 7) is 10.5. The summed E-state index contributed by atoms with van der Waals surface area (Å²) >= 11 is 0. The lowest BCUT2D eigenvalue weighted by molar-refractivity contribution is -0.159. The van der Waals surface area contributed by atoms with E-state index in [0.717, 1.165) is 0 Å². The van der Waals surface area contributed by atoms with Crippen molar-refractivity contribution in [3.05, 3.63) is 0 Å². The number of hydrogen-bond acceptors (Lipinski definition) is 3. The summed E-state index contributed by atoms with van der Waals surface area (Å²) in [5.74, 6) is -0.176. The van der Waals surface area contributed by atoms with Gasteiger partial charge in [0.25, 0.3) is 0 Å². The molecule has 0 amide bonds. The molecule has 0 spiro atoms. The van der Waals surface area contributed by atoms with Crippen LogP contribution in [0.3, 0.4) is 0 Å². The average Bonchev–Trinajstić information content (AvgIpc) is 1.97. The zero-order valence-corrected chi connectivity index (χ0v) is 9.31. The van der Waals surface area contributed by atoms with Crippen LogP contribution in [0, 0.1) is 10.8 Å². The standard InChI is InChI=1S/C10H21NO2/c1-9(2,3)10(4,5)8(12)13-7-6-11/h6-7,11H2,1-5H3. The van der Waals surface area contributed by atoms with E-state index in [1.54, 1.807) is 0 Å². The lowest BCUT2D eigenvalue weighted by atomic mass is 9.69. The van der Waals surface area contributed by atoms with Crippen LogP contribution in [0.4, 0.5) is 0 Å². The van der Waals surface area contributed by atoms with Crippen molar-refractivity contribution >= 4 is 5.97 Å². The van der Waals surface area contributed by atoms with E-state index in [1.807, 2.05) is 34.6 Å². The first-order valence-corrected chi connectivity index (χ1v) is 4.61. The van der Waals surface area contributed by atoms with E-state index < -0.39 is 5.41 Å². The van der Waals surface area contributed by atoms with Crippen LogP contribution in [0.5, 0.6) is 0 Å². The fourth-order valence-corrected chi connectivity index (χ4v) is 0.638. The van der Waals surface area contributed by atoms with E-state index in [2.05, 4.69) is 0 Å². The number of hydrogen-bond donors (Lipinski definition) is 1. The van der Waals surface area contributed by atoms with Crippen LogP contribution in [0.2, 0.25) is 0 Å². The lowest BCUT2D eigenvalue weighted by Crippen LogP contribution is -2.39. The van der Waals surface area contributed by atoms with Gasteiger partial charge in [-0.05, 0) is 19.3 Å². The Hall–Kier alpha value is -0.570. The number of esters is 1. The third-order valence-corrected chi connectivity index (χ3v) is 2.74. The van der Waals surface area contributed by atoms with Gasteiger partial charge < -0.3 is 10.5 Å². The van der Waals surface area contributed by atoms with Crippen LogP contribution in [0.1, 0.15) is 34.6 Å². The Balaban J connectivity index is 4.37. The van der Waals surface area contributed by atoms with Crippen LogP contribution < -0.4 is 5.73 Å². The molecule has 0 aromatic rings. The van der Waals surface area contributed by atoms with Crippen molar-refractivity contribution in [3.8, 4) is 0 Å². The van der Waals surface area contributed by atoms with Gasteiger partial charge in [0.1, 0.15) is 6.61 Å². The van der Waals surface area contributed by atoms with Crippen molar-refractivity contribution in [1.29, 1.82) is 0 Å². The molecule has 78 valence electrons. The highest BCUT2D eigenvalue weighted by Crippen LogP contribution is 2.38. The van der Waals surface area contributed by atoms with Gasteiger partial charge in [-0.3, -0.25) is 4.79 Å². The normalized spacial score (nSPS) is 12.8. The number of nitrogens with two attached hydrogens (primary N) is 1. The Morgan fingerprint density at radius 1 is 1.23 bits per heavy atom. The molecular weight excluding hydrogens is 166 g/mol. The quantitative estimate of drug-likeness (QED) is 0.682. The molecule has 3 heteroatoms. The highest BCUT2D eigenvalue weighted by molar-refractivity contribution is 5.76. The first-order chi connectivity index (χ1) is 5.73. The van der Waals surface area contributed by atoms with Gasteiger partial charge in [-0.15, -0.1) is 0 Å².